The molecule has 0 aromatic carbocycles. The first-order valence-electron chi connectivity index (χ1n) is 4.64. The van der Waals surface area contributed by atoms with Gasteiger partial charge in [0.05, 0.1) is 6.61 Å². The van der Waals surface area contributed by atoms with E-state index in [0.717, 1.165) is 0 Å². The fraction of sp³-hybridized carbons (Fsp3) is 0.750. The Labute approximate surface area is 102 Å². The molecule has 0 aliphatic carbocycles. The van der Waals surface area contributed by atoms with Gasteiger partial charge in [-0.2, -0.15) is 0 Å². The number of hydrogen-bond donors (Lipinski definition) is 3. The highest BCUT2D eigenvalue weighted by atomic mass is 33.1. The van der Waals surface area contributed by atoms with E-state index in [1.165, 1.54) is 21.6 Å². The van der Waals surface area contributed by atoms with Gasteiger partial charge in [-0.05, 0) is 6.92 Å². The second-order valence-corrected chi connectivity index (χ2v) is 5.42. The van der Waals surface area contributed by atoms with Crippen LogP contribution in [0.3, 0.4) is 0 Å². The van der Waals surface area contributed by atoms with Crippen LogP contribution in [-0.4, -0.2) is 47.2 Å². The fourth-order valence-corrected chi connectivity index (χ4v) is 2.85. The van der Waals surface area contributed by atoms with E-state index in [0.29, 0.717) is 12.4 Å². The smallest absolute Gasteiger partial charge is 0.323 e. The molecule has 0 unspecified atom stereocenters. The van der Waals surface area contributed by atoms with Crippen LogP contribution in [0, 0.1) is 0 Å². The Kier molecular flexibility index (Phi) is 8.44. The van der Waals surface area contributed by atoms with Crippen molar-refractivity contribution in [3.05, 3.63) is 0 Å². The van der Waals surface area contributed by atoms with Gasteiger partial charge in [-0.25, -0.2) is 0 Å². The molecule has 94 valence electrons. The number of carbonyl (C=O) groups is 2. The van der Waals surface area contributed by atoms with Crippen molar-refractivity contribution in [1.29, 1.82) is 0 Å². The van der Waals surface area contributed by atoms with Crippen molar-refractivity contribution in [2.45, 2.75) is 19.0 Å². The standard InChI is InChI=1S/C8H16N2O4S2/c1-2-14-8(13)6(10)4-16-15-3-5(9)7(11)12/h5-6H,2-4,9-10H2,1H3,(H,11,12)/t5-,6+/m0/s1. The van der Waals surface area contributed by atoms with Gasteiger partial charge in [-0.3, -0.25) is 9.59 Å². The van der Waals surface area contributed by atoms with Crippen molar-refractivity contribution in [2.75, 3.05) is 18.1 Å². The average molecular weight is 268 g/mol. The first-order valence-corrected chi connectivity index (χ1v) is 7.12. The van der Waals surface area contributed by atoms with Gasteiger partial charge in [-0.15, -0.1) is 0 Å². The molecule has 2 atom stereocenters. The van der Waals surface area contributed by atoms with Crippen LogP contribution in [0.4, 0.5) is 0 Å². The van der Waals surface area contributed by atoms with E-state index in [2.05, 4.69) is 0 Å². The summed E-state index contributed by atoms with van der Waals surface area (Å²) in [6, 6.07) is -1.57. The van der Waals surface area contributed by atoms with Gasteiger partial charge in [0.1, 0.15) is 12.1 Å². The van der Waals surface area contributed by atoms with E-state index in [4.69, 9.17) is 21.3 Å². The molecule has 0 saturated carbocycles. The summed E-state index contributed by atoms with van der Waals surface area (Å²) in [6.45, 7) is 2.01. The summed E-state index contributed by atoms with van der Waals surface area (Å²) >= 11 is 0. The zero-order valence-electron chi connectivity index (χ0n) is 8.92. The largest absolute Gasteiger partial charge is 0.480 e. The molecule has 0 aliphatic heterocycles. The molecule has 0 saturated heterocycles. The van der Waals surface area contributed by atoms with Gasteiger partial charge in [0.15, 0.2) is 0 Å². The zero-order chi connectivity index (χ0) is 12.6. The van der Waals surface area contributed by atoms with E-state index in [-0.39, 0.29) is 5.75 Å². The lowest BCUT2D eigenvalue weighted by Crippen LogP contribution is -2.35. The normalized spacial score (nSPS) is 14.2. The predicted molar refractivity (Wildman–Crippen MR) is 65.1 cm³/mol. The van der Waals surface area contributed by atoms with Crippen molar-refractivity contribution in [3.8, 4) is 0 Å². The Morgan fingerprint density at radius 3 is 2.19 bits per heavy atom. The molecule has 0 aromatic heterocycles. The van der Waals surface area contributed by atoms with Crippen LogP contribution in [-0.2, 0) is 14.3 Å². The first kappa shape index (κ1) is 15.6. The van der Waals surface area contributed by atoms with Gasteiger partial charge in [0.2, 0.25) is 0 Å². The summed E-state index contributed by atoms with van der Waals surface area (Å²) in [7, 11) is 2.59. The van der Waals surface area contributed by atoms with E-state index < -0.39 is 24.0 Å². The van der Waals surface area contributed by atoms with Gasteiger partial charge >= 0.3 is 11.9 Å². The summed E-state index contributed by atoms with van der Waals surface area (Å²) < 4.78 is 4.71. The minimum absolute atomic E-state index is 0.273. The molecule has 0 rings (SSSR count). The number of carboxylic acid groups (broad SMARTS) is 1. The van der Waals surface area contributed by atoms with Gasteiger partial charge in [0, 0.05) is 11.5 Å². The summed E-state index contributed by atoms with van der Waals surface area (Å²) in [5.74, 6) is -0.841. The average Bonchev–Trinajstić information content (AvgIpc) is 2.23. The molecule has 5 N–H and O–H groups in total. The van der Waals surface area contributed by atoms with Crippen LogP contribution in [0.5, 0.6) is 0 Å². The molecular weight excluding hydrogens is 252 g/mol. The van der Waals surface area contributed by atoms with Gasteiger partial charge in [0.25, 0.3) is 0 Å². The molecule has 0 heterocycles. The molecule has 0 amide bonds. The SMILES string of the molecule is CCOC(=O)[C@H](N)CSSC[C@H](N)C(=O)O. The zero-order valence-corrected chi connectivity index (χ0v) is 10.6. The molecule has 6 nitrogen and oxygen atoms in total. The fourth-order valence-electron chi connectivity index (χ4n) is 0.631. The number of carboxylic acids is 1. The van der Waals surface area contributed by atoms with E-state index in [1.54, 1.807) is 6.92 Å². The van der Waals surface area contributed by atoms with E-state index in [9.17, 15) is 9.59 Å². The van der Waals surface area contributed by atoms with Gasteiger partial charge in [-0.1, -0.05) is 21.6 Å². The predicted octanol–water partition coefficient (Wildman–Crippen LogP) is -0.330. The highest BCUT2D eigenvalue weighted by Crippen LogP contribution is 2.22. The third-order valence-electron chi connectivity index (χ3n) is 1.49. The highest BCUT2D eigenvalue weighted by molar-refractivity contribution is 8.76. The molecule has 0 radical (unpaired) electrons. The molecule has 16 heavy (non-hydrogen) atoms. The number of hydrogen-bond acceptors (Lipinski definition) is 7. The van der Waals surface area contributed by atoms with Crippen molar-refractivity contribution in [3.63, 3.8) is 0 Å². The number of ether oxygens (including phenoxy) is 1. The summed E-state index contributed by atoms with van der Waals surface area (Å²) in [5, 5.41) is 8.50. The summed E-state index contributed by atoms with van der Waals surface area (Å²) in [4.78, 5) is 21.5. The van der Waals surface area contributed by atoms with Crippen LogP contribution in [0.1, 0.15) is 6.92 Å². The Balaban J connectivity index is 3.58. The van der Waals surface area contributed by atoms with Crippen molar-refractivity contribution < 1.29 is 19.4 Å². The Bertz CT molecular complexity index is 240. The maximum absolute atomic E-state index is 11.1. The van der Waals surface area contributed by atoms with Crippen molar-refractivity contribution >= 4 is 33.5 Å². The summed E-state index contributed by atoms with van der Waals surface area (Å²) in [5.41, 5.74) is 10.8. The monoisotopic (exact) mass is 268 g/mol. The molecule has 0 fully saturated rings. The number of carbonyl (C=O) groups excluding carboxylic acids is 1. The quantitative estimate of drug-likeness (QED) is 0.311. The van der Waals surface area contributed by atoms with Crippen LogP contribution >= 0.6 is 21.6 Å². The lowest BCUT2D eigenvalue weighted by Gasteiger charge is -2.10. The molecule has 8 heteroatoms. The molecule has 0 bridgehead atoms. The number of nitrogens with two attached hydrogens (primary N) is 2. The van der Waals surface area contributed by atoms with Crippen molar-refractivity contribution in [1.82, 2.24) is 0 Å². The van der Waals surface area contributed by atoms with Crippen LogP contribution in [0.15, 0.2) is 0 Å². The molecule has 0 aliphatic rings. The Hall–Kier alpha value is -0.440. The maximum atomic E-state index is 11.1. The van der Waals surface area contributed by atoms with Gasteiger partial charge < -0.3 is 21.3 Å². The second-order valence-electron chi connectivity index (χ2n) is 2.87. The lowest BCUT2D eigenvalue weighted by molar-refractivity contribution is -0.144. The number of rotatable bonds is 8. The Morgan fingerprint density at radius 1 is 1.25 bits per heavy atom. The number of aliphatic carboxylic acids is 1. The first-order chi connectivity index (χ1) is 7.49. The summed E-state index contributed by atoms with van der Waals surface area (Å²) in [6.07, 6.45) is 0. The molecule has 0 spiro atoms. The minimum atomic E-state index is -1.04. The highest BCUT2D eigenvalue weighted by Gasteiger charge is 2.16. The third kappa shape index (κ3) is 6.94. The third-order valence-corrected chi connectivity index (χ3v) is 3.96. The minimum Gasteiger partial charge on any atom is -0.480 e. The Morgan fingerprint density at radius 2 is 1.75 bits per heavy atom. The van der Waals surface area contributed by atoms with Crippen LogP contribution < -0.4 is 11.5 Å². The van der Waals surface area contributed by atoms with Crippen molar-refractivity contribution in [2.24, 2.45) is 11.5 Å². The topological polar surface area (TPSA) is 116 Å². The van der Waals surface area contributed by atoms with E-state index in [1.807, 2.05) is 0 Å². The van der Waals surface area contributed by atoms with E-state index >= 15 is 0 Å². The lowest BCUT2D eigenvalue weighted by atomic mass is 10.4. The van der Waals surface area contributed by atoms with Crippen LogP contribution in [0.25, 0.3) is 0 Å². The maximum Gasteiger partial charge on any atom is 0.323 e. The van der Waals surface area contributed by atoms with Crippen LogP contribution in [0.2, 0.25) is 0 Å². The molecular formula is C8H16N2O4S2. The number of esters is 1. The second kappa shape index (κ2) is 8.68. The molecule has 0 aromatic rings.